The van der Waals surface area contributed by atoms with Crippen LogP contribution in [0.15, 0.2) is 65.3 Å². The molecule has 2 aromatic carbocycles. The van der Waals surface area contributed by atoms with Gasteiger partial charge in [-0.3, -0.25) is 9.59 Å². The van der Waals surface area contributed by atoms with Crippen molar-refractivity contribution in [1.29, 1.82) is 0 Å². The minimum Gasteiger partial charge on any atom is -0.321 e. The van der Waals surface area contributed by atoms with Gasteiger partial charge in [-0.2, -0.15) is 0 Å². The van der Waals surface area contributed by atoms with Gasteiger partial charge in [-0.15, -0.1) is 0 Å². The number of nitrogens with zero attached hydrogens (tertiary/aromatic N) is 2. The average molecular weight is 456 g/mol. The smallest absolute Gasteiger partial charge is 0.258 e. The summed E-state index contributed by atoms with van der Waals surface area (Å²) >= 11 is 9.31. The number of pyridine rings is 1. The Hall–Kier alpha value is -3.21. The Balaban J connectivity index is 1.83. The van der Waals surface area contributed by atoms with Crippen LogP contribution in [0.3, 0.4) is 0 Å². The van der Waals surface area contributed by atoms with Gasteiger partial charge in [0, 0.05) is 21.3 Å². The fourth-order valence-corrected chi connectivity index (χ4v) is 2.74. The third kappa shape index (κ3) is 4.74. The highest BCUT2D eigenvalue weighted by atomic mass is 79.9. The third-order valence-corrected chi connectivity index (χ3v) is 4.41. The van der Waals surface area contributed by atoms with Crippen LogP contribution in [-0.4, -0.2) is 16.8 Å². The highest BCUT2D eigenvalue weighted by Crippen LogP contribution is 2.23. The molecule has 1 aromatic heterocycles. The predicted octanol–water partition coefficient (Wildman–Crippen LogP) is 5.55. The van der Waals surface area contributed by atoms with E-state index < -0.39 is 11.8 Å². The molecule has 0 saturated carbocycles. The number of aromatic nitrogens is 1. The summed E-state index contributed by atoms with van der Waals surface area (Å²) in [5.41, 5.74) is 1.30. The van der Waals surface area contributed by atoms with E-state index in [4.69, 9.17) is 18.2 Å². The zero-order valence-corrected chi connectivity index (χ0v) is 16.6. The van der Waals surface area contributed by atoms with E-state index in [2.05, 4.69) is 36.4 Å². The van der Waals surface area contributed by atoms with E-state index >= 15 is 0 Å². The average Bonchev–Trinajstić information content (AvgIpc) is 2.71. The van der Waals surface area contributed by atoms with Crippen molar-refractivity contribution in [2.24, 2.45) is 0 Å². The molecule has 1 heterocycles. The van der Waals surface area contributed by atoms with Gasteiger partial charge >= 0.3 is 0 Å². The van der Waals surface area contributed by atoms with Gasteiger partial charge in [-0.05, 0) is 46.3 Å². The normalized spacial score (nSPS) is 10.0. The molecular weight excluding hydrogens is 444 g/mol. The molecule has 0 radical (unpaired) electrons. The van der Waals surface area contributed by atoms with Crippen LogP contribution in [0.1, 0.15) is 20.7 Å². The van der Waals surface area contributed by atoms with E-state index in [-0.39, 0.29) is 5.56 Å². The first kappa shape index (κ1) is 19.5. The molecule has 8 heteroatoms. The number of anilines is 2. The first-order valence-corrected chi connectivity index (χ1v) is 9.14. The van der Waals surface area contributed by atoms with Crippen LogP contribution in [0, 0.1) is 6.57 Å². The summed E-state index contributed by atoms with van der Waals surface area (Å²) in [7, 11) is 0. The highest BCUT2D eigenvalue weighted by molar-refractivity contribution is 9.10. The van der Waals surface area contributed by atoms with E-state index in [9.17, 15) is 9.59 Å². The second-order valence-corrected chi connectivity index (χ2v) is 6.97. The minimum atomic E-state index is -0.462. The van der Waals surface area contributed by atoms with Crippen LogP contribution in [0.4, 0.5) is 17.2 Å². The van der Waals surface area contributed by atoms with Crippen LogP contribution < -0.4 is 10.6 Å². The minimum absolute atomic E-state index is 0.198. The summed E-state index contributed by atoms with van der Waals surface area (Å²) < 4.78 is 0.783. The Bertz CT molecular complexity index is 1080. The van der Waals surface area contributed by atoms with Crippen LogP contribution >= 0.6 is 27.5 Å². The molecule has 28 heavy (non-hydrogen) atoms. The molecule has 3 aromatic rings. The highest BCUT2D eigenvalue weighted by Gasteiger charge is 2.16. The molecular formula is C20H12BrClN4O2. The molecule has 0 saturated heterocycles. The Kier molecular flexibility index (Phi) is 6.04. The summed E-state index contributed by atoms with van der Waals surface area (Å²) in [5, 5.41) is 5.73. The number of carbonyl (C=O) groups excluding carboxylic acids is 2. The summed E-state index contributed by atoms with van der Waals surface area (Å²) in [6.07, 6.45) is 1.56. The Labute approximate surface area is 174 Å². The molecule has 0 aliphatic carbocycles. The van der Waals surface area contributed by atoms with Crippen LogP contribution in [-0.2, 0) is 0 Å². The molecule has 6 nitrogen and oxygen atoms in total. The zero-order chi connectivity index (χ0) is 20.1. The van der Waals surface area contributed by atoms with Crippen molar-refractivity contribution in [3.8, 4) is 0 Å². The van der Waals surface area contributed by atoms with Crippen LogP contribution in [0.2, 0.25) is 5.02 Å². The fraction of sp³-hybridized carbons (Fsp3) is 0. The van der Waals surface area contributed by atoms with Gasteiger partial charge in [0.1, 0.15) is 5.82 Å². The molecule has 0 spiro atoms. The van der Waals surface area contributed by atoms with E-state index in [1.54, 1.807) is 54.7 Å². The topological polar surface area (TPSA) is 75.5 Å². The Morgan fingerprint density at radius 2 is 1.75 bits per heavy atom. The monoisotopic (exact) mass is 454 g/mol. The van der Waals surface area contributed by atoms with Crippen LogP contribution in [0.5, 0.6) is 0 Å². The van der Waals surface area contributed by atoms with Gasteiger partial charge in [0.2, 0.25) is 0 Å². The second kappa shape index (κ2) is 8.65. The molecule has 2 N–H and O–H groups in total. The maximum atomic E-state index is 12.7. The van der Waals surface area contributed by atoms with Crippen molar-refractivity contribution in [3.05, 3.63) is 92.8 Å². The van der Waals surface area contributed by atoms with Gasteiger partial charge in [-0.1, -0.05) is 35.9 Å². The van der Waals surface area contributed by atoms with Crippen molar-refractivity contribution in [1.82, 2.24) is 4.98 Å². The van der Waals surface area contributed by atoms with Crippen molar-refractivity contribution >= 4 is 56.5 Å². The van der Waals surface area contributed by atoms with E-state index in [1.165, 1.54) is 6.07 Å². The number of amides is 2. The lowest BCUT2D eigenvalue weighted by Crippen LogP contribution is -2.18. The van der Waals surface area contributed by atoms with Crippen molar-refractivity contribution in [2.75, 3.05) is 10.6 Å². The Morgan fingerprint density at radius 1 is 1.00 bits per heavy atom. The molecule has 0 atom stereocenters. The van der Waals surface area contributed by atoms with Gasteiger partial charge in [-0.25, -0.2) is 9.83 Å². The Morgan fingerprint density at radius 3 is 2.39 bits per heavy atom. The SMILES string of the molecule is [C-]#[N+]c1ccc(C(=O)Nc2ccc(Cl)cc2C(=O)Nc2ccc(Br)cn2)cc1. The van der Waals surface area contributed by atoms with Crippen LogP contribution in [0.25, 0.3) is 4.85 Å². The van der Waals surface area contributed by atoms with E-state index in [0.29, 0.717) is 27.8 Å². The molecule has 0 bridgehead atoms. The van der Waals surface area contributed by atoms with Gasteiger partial charge < -0.3 is 10.6 Å². The molecule has 3 rings (SSSR count). The quantitative estimate of drug-likeness (QED) is 0.506. The maximum absolute atomic E-state index is 12.7. The largest absolute Gasteiger partial charge is 0.321 e. The summed E-state index contributed by atoms with van der Waals surface area (Å²) in [4.78, 5) is 32.6. The molecule has 138 valence electrons. The standard InChI is InChI=1S/C20H12BrClN4O2/c1-23-15-6-2-12(3-7-15)19(27)25-17-8-5-14(22)10-16(17)20(28)26-18-9-4-13(21)11-24-18/h2-11H,(H,25,27)(H,24,26,28). The van der Waals surface area contributed by atoms with Gasteiger partial charge in [0.05, 0.1) is 17.8 Å². The van der Waals surface area contributed by atoms with Gasteiger partial charge in [0.25, 0.3) is 11.8 Å². The molecule has 0 aliphatic rings. The summed E-state index contributed by atoms with van der Waals surface area (Å²) in [6.45, 7) is 6.96. The molecule has 2 amide bonds. The summed E-state index contributed by atoms with van der Waals surface area (Å²) in [6, 6.07) is 14.2. The number of rotatable bonds is 4. The number of hydrogen-bond acceptors (Lipinski definition) is 3. The van der Waals surface area contributed by atoms with Crippen molar-refractivity contribution in [3.63, 3.8) is 0 Å². The zero-order valence-electron chi connectivity index (χ0n) is 14.2. The van der Waals surface area contributed by atoms with Crippen molar-refractivity contribution < 1.29 is 9.59 Å². The number of halogens is 2. The molecule has 0 unspecified atom stereocenters. The number of benzene rings is 2. The second-order valence-electron chi connectivity index (χ2n) is 5.62. The first-order valence-electron chi connectivity index (χ1n) is 7.97. The van der Waals surface area contributed by atoms with E-state index in [0.717, 1.165) is 4.47 Å². The predicted molar refractivity (Wildman–Crippen MR) is 112 cm³/mol. The number of hydrogen-bond donors (Lipinski definition) is 2. The third-order valence-electron chi connectivity index (χ3n) is 3.70. The summed E-state index contributed by atoms with van der Waals surface area (Å²) in [5.74, 6) is -0.508. The number of carbonyl (C=O) groups is 2. The lowest BCUT2D eigenvalue weighted by molar-refractivity contribution is 0.102. The first-order chi connectivity index (χ1) is 13.5. The number of nitrogens with one attached hydrogen (secondary N) is 2. The fourth-order valence-electron chi connectivity index (χ4n) is 2.33. The molecule has 0 aliphatic heterocycles. The van der Waals surface area contributed by atoms with Crippen molar-refractivity contribution in [2.45, 2.75) is 0 Å². The molecule has 0 fully saturated rings. The lowest BCUT2D eigenvalue weighted by atomic mass is 10.1. The van der Waals surface area contributed by atoms with Gasteiger partial charge in [0.15, 0.2) is 5.69 Å². The maximum Gasteiger partial charge on any atom is 0.258 e. The van der Waals surface area contributed by atoms with E-state index in [1.807, 2.05) is 0 Å². The lowest BCUT2D eigenvalue weighted by Gasteiger charge is -2.12.